The fourth-order valence-electron chi connectivity index (χ4n) is 2.86. The number of rotatable bonds is 5. The molecule has 4 atom stereocenters. The zero-order chi connectivity index (χ0) is 20.3. The lowest BCUT2D eigenvalue weighted by Gasteiger charge is -2.22. The number of esters is 1. The fraction of sp³-hybridized carbons (Fsp3) is 0.278. The van der Waals surface area contributed by atoms with Crippen molar-refractivity contribution < 1.29 is 24.5 Å². The Morgan fingerprint density at radius 1 is 1.32 bits per heavy atom. The Morgan fingerprint density at radius 3 is 2.68 bits per heavy atom. The van der Waals surface area contributed by atoms with Crippen molar-refractivity contribution in [1.29, 1.82) is 0 Å². The van der Waals surface area contributed by atoms with Crippen LogP contribution in [-0.2, 0) is 9.47 Å². The van der Waals surface area contributed by atoms with E-state index in [0.717, 1.165) is 4.57 Å². The summed E-state index contributed by atoms with van der Waals surface area (Å²) in [6.45, 7) is -0.552. The molecule has 0 aliphatic carbocycles. The zero-order valence-electron chi connectivity index (χ0n) is 14.4. The van der Waals surface area contributed by atoms with Crippen LogP contribution in [0.1, 0.15) is 22.1 Å². The highest BCUT2D eigenvalue weighted by Gasteiger charge is 2.47. The summed E-state index contributed by atoms with van der Waals surface area (Å²) in [5.41, 5.74) is -1.05. The van der Waals surface area contributed by atoms with Crippen molar-refractivity contribution in [3.63, 3.8) is 0 Å². The topological polar surface area (TPSA) is 131 Å². The molecule has 0 spiro atoms. The van der Waals surface area contributed by atoms with Gasteiger partial charge in [0, 0.05) is 6.20 Å². The quantitative estimate of drug-likeness (QED) is 0.558. The van der Waals surface area contributed by atoms with Gasteiger partial charge in [0.2, 0.25) is 0 Å². The molecule has 0 radical (unpaired) electrons. The molecule has 148 valence electrons. The Hall–Kier alpha value is -2.53. The number of halogens is 1. The number of hydrogen-bond donors (Lipinski definition) is 3. The van der Waals surface area contributed by atoms with Crippen LogP contribution in [0.2, 0.25) is 0 Å². The predicted molar refractivity (Wildman–Crippen MR) is 102 cm³/mol. The van der Waals surface area contributed by atoms with Gasteiger partial charge in [0.1, 0.15) is 12.2 Å². The van der Waals surface area contributed by atoms with Gasteiger partial charge in [-0.1, -0.05) is 34.1 Å². The number of nitrogens with one attached hydrogen (secondary N) is 1. The summed E-state index contributed by atoms with van der Waals surface area (Å²) in [4.78, 5) is 40.1. The zero-order valence-corrected chi connectivity index (χ0v) is 16.0. The number of aromatic amines is 1. The summed E-state index contributed by atoms with van der Waals surface area (Å²) >= 11 is 3.05. The van der Waals surface area contributed by atoms with E-state index in [4.69, 9.17) is 9.47 Å². The number of carbonyl (C=O) groups excluding carboxylic acids is 1. The summed E-state index contributed by atoms with van der Waals surface area (Å²) in [5.74, 6) is -0.727. The van der Waals surface area contributed by atoms with Crippen LogP contribution in [0.15, 0.2) is 51.1 Å². The average Bonchev–Trinajstić information content (AvgIpc) is 3.00. The summed E-state index contributed by atoms with van der Waals surface area (Å²) in [7, 11) is 0. The van der Waals surface area contributed by atoms with Gasteiger partial charge in [-0.3, -0.25) is 14.3 Å². The summed E-state index contributed by atoms with van der Waals surface area (Å²) in [6, 6.07) is 8.10. The number of hydrogen-bond acceptors (Lipinski definition) is 7. The van der Waals surface area contributed by atoms with Crippen molar-refractivity contribution in [1.82, 2.24) is 9.55 Å². The lowest BCUT2D eigenvalue weighted by atomic mass is 10.1. The van der Waals surface area contributed by atoms with Gasteiger partial charge in [0.25, 0.3) is 5.56 Å². The maximum atomic E-state index is 12.4. The van der Waals surface area contributed by atoms with Crippen molar-refractivity contribution in [2.24, 2.45) is 0 Å². The second-order valence-electron chi connectivity index (χ2n) is 6.02. The molecule has 28 heavy (non-hydrogen) atoms. The van der Waals surface area contributed by atoms with Crippen LogP contribution >= 0.6 is 15.9 Å². The first-order chi connectivity index (χ1) is 13.5. The molecule has 10 heteroatoms. The SMILES string of the molecule is O=C(O[C@H]1[C@H](O)[C@@H](CO)O[C@H]1n1cc(/C=C/Br)c(=O)[nH]c1=O)c1ccccc1. The Bertz CT molecular complexity index is 985. The molecule has 1 aliphatic heterocycles. The van der Waals surface area contributed by atoms with Gasteiger partial charge >= 0.3 is 11.7 Å². The molecule has 2 aromatic rings. The van der Waals surface area contributed by atoms with E-state index in [-0.39, 0.29) is 11.1 Å². The molecular formula is C18H17BrN2O7. The molecule has 1 saturated heterocycles. The van der Waals surface area contributed by atoms with Crippen LogP contribution in [0.25, 0.3) is 6.08 Å². The predicted octanol–water partition coefficient (Wildman–Crippen LogP) is 0.378. The first-order valence-electron chi connectivity index (χ1n) is 8.29. The van der Waals surface area contributed by atoms with Crippen molar-refractivity contribution in [3.05, 3.63) is 73.5 Å². The number of aliphatic hydroxyl groups excluding tert-OH is 2. The monoisotopic (exact) mass is 452 g/mol. The largest absolute Gasteiger partial charge is 0.451 e. The first-order valence-corrected chi connectivity index (χ1v) is 9.20. The minimum atomic E-state index is -1.38. The minimum Gasteiger partial charge on any atom is -0.451 e. The van der Waals surface area contributed by atoms with E-state index in [1.54, 1.807) is 18.2 Å². The fourth-order valence-corrected chi connectivity index (χ4v) is 3.15. The Kier molecular flexibility index (Phi) is 6.25. The van der Waals surface area contributed by atoms with Crippen molar-refractivity contribution >= 4 is 28.0 Å². The molecule has 1 aromatic carbocycles. The molecule has 2 heterocycles. The Balaban J connectivity index is 1.98. The third-order valence-electron chi connectivity index (χ3n) is 4.26. The number of benzene rings is 1. The van der Waals surface area contributed by atoms with E-state index in [1.165, 1.54) is 29.4 Å². The highest BCUT2D eigenvalue weighted by atomic mass is 79.9. The van der Waals surface area contributed by atoms with Crippen LogP contribution < -0.4 is 11.2 Å². The van der Waals surface area contributed by atoms with Gasteiger partial charge in [0.15, 0.2) is 12.3 Å². The molecule has 1 aromatic heterocycles. The number of aliphatic hydroxyl groups is 2. The third kappa shape index (κ3) is 3.99. The number of ether oxygens (including phenoxy) is 2. The second-order valence-corrected chi connectivity index (χ2v) is 6.55. The number of aromatic nitrogens is 2. The summed E-state index contributed by atoms with van der Waals surface area (Å²) < 4.78 is 11.9. The standard InChI is InChI=1S/C18H17BrN2O7/c19-7-6-11-8-21(18(26)20-15(11)24)16-14(13(23)12(9-22)27-16)28-17(25)10-4-2-1-3-5-10/h1-8,12-14,16,22-23H,9H2,(H,20,24,26)/b7-6+/t12-,13-,14+,16-/m1/s1. The second kappa shape index (κ2) is 8.65. The van der Waals surface area contributed by atoms with E-state index in [9.17, 15) is 24.6 Å². The van der Waals surface area contributed by atoms with Crippen LogP contribution in [0.4, 0.5) is 0 Å². The van der Waals surface area contributed by atoms with E-state index >= 15 is 0 Å². The molecule has 1 fully saturated rings. The highest BCUT2D eigenvalue weighted by molar-refractivity contribution is 9.11. The van der Waals surface area contributed by atoms with E-state index in [0.29, 0.717) is 0 Å². The van der Waals surface area contributed by atoms with Gasteiger partial charge in [-0.25, -0.2) is 9.59 Å². The molecule has 1 aliphatic rings. The Morgan fingerprint density at radius 2 is 2.04 bits per heavy atom. The van der Waals surface area contributed by atoms with Gasteiger partial charge in [-0.2, -0.15) is 0 Å². The smallest absolute Gasteiger partial charge is 0.338 e. The number of carbonyl (C=O) groups is 1. The molecule has 0 unspecified atom stereocenters. The molecule has 0 amide bonds. The molecule has 3 N–H and O–H groups in total. The average molecular weight is 453 g/mol. The van der Waals surface area contributed by atoms with E-state index in [2.05, 4.69) is 20.9 Å². The molecule has 0 bridgehead atoms. The maximum absolute atomic E-state index is 12.4. The van der Waals surface area contributed by atoms with Gasteiger partial charge in [-0.15, -0.1) is 0 Å². The maximum Gasteiger partial charge on any atom is 0.338 e. The minimum absolute atomic E-state index is 0.134. The van der Waals surface area contributed by atoms with Crippen molar-refractivity contribution in [2.45, 2.75) is 24.5 Å². The highest BCUT2D eigenvalue weighted by Crippen LogP contribution is 2.31. The van der Waals surface area contributed by atoms with Crippen LogP contribution in [0.5, 0.6) is 0 Å². The Labute approximate surface area is 167 Å². The van der Waals surface area contributed by atoms with E-state index in [1.807, 2.05) is 0 Å². The molecular weight excluding hydrogens is 436 g/mol. The number of H-pyrrole nitrogens is 1. The summed E-state index contributed by atoms with van der Waals surface area (Å²) in [6.07, 6.45) is -2.35. The summed E-state index contributed by atoms with van der Waals surface area (Å²) in [5, 5.41) is 19.9. The van der Waals surface area contributed by atoms with Crippen molar-refractivity contribution in [3.8, 4) is 0 Å². The normalized spacial score (nSPS) is 24.5. The van der Waals surface area contributed by atoms with Crippen LogP contribution in [0.3, 0.4) is 0 Å². The lowest BCUT2D eigenvalue weighted by Crippen LogP contribution is -2.41. The van der Waals surface area contributed by atoms with Gasteiger partial charge < -0.3 is 19.7 Å². The van der Waals surface area contributed by atoms with Gasteiger partial charge in [-0.05, 0) is 23.2 Å². The number of nitrogens with zero attached hydrogens (tertiary/aromatic N) is 1. The molecule has 0 saturated carbocycles. The third-order valence-corrected chi connectivity index (χ3v) is 4.52. The van der Waals surface area contributed by atoms with Gasteiger partial charge in [0.05, 0.1) is 17.7 Å². The molecule has 3 rings (SSSR count). The van der Waals surface area contributed by atoms with Crippen molar-refractivity contribution in [2.75, 3.05) is 6.61 Å². The van der Waals surface area contributed by atoms with E-state index < -0.39 is 48.4 Å². The van der Waals surface area contributed by atoms with Crippen LogP contribution in [0, 0.1) is 0 Å². The lowest BCUT2D eigenvalue weighted by molar-refractivity contribution is -0.0603. The molecule has 9 nitrogen and oxygen atoms in total. The first kappa shape index (κ1) is 20.2. The van der Waals surface area contributed by atoms with Crippen LogP contribution in [-0.4, -0.2) is 50.7 Å².